The predicted molar refractivity (Wildman–Crippen MR) is 24.0 cm³/mol. The van der Waals surface area contributed by atoms with Crippen LogP contribution < -0.4 is 0 Å². The Balaban J connectivity index is 3.07. The molecule has 0 N–H and O–H groups in total. The normalized spacial score (nSPS) is 11.3. The molecule has 0 aromatic heterocycles. The van der Waals surface area contributed by atoms with Crippen molar-refractivity contribution in [3.05, 3.63) is 22.0 Å². The fourth-order valence-corrected chi connectivity index (χ4v) is 0.440. The van der Waals surface area contributed by atoms with Gasteiger partial charge in [-0.25, -0.2) is 0 Å². The molecule has 0 aromatic carbocycles. The zero-order chi connectivity index (χ0) is 4.83. The van der Waals surface area contributed by atoms with E-state index in [0.717, 1.165) is 0 Å². The summed E-state index contributed by atoms with van der Waals surface area (Å²) >= 11 is 1.46. The standard InChI is InChI=1S/C5H7.Zr/c1-3-5-4-2;/h1,3-5H,2H3;. The molecule has 6 heavy (non-hydrogen) atoms. The first-order valence-electron chi connectivity index (χ1n) is 1.87. The fraction of sp³-hybridized carbons (Fsp3) is 0.200. The molecule has 0 amide bonds. The second-order valence-corrected chi connectivity index (χ2v) is 1.70. The average Bonchev–Trinajstić information content (AvgIpc) is 1.61. The summed E-state index contributed by atoms with van der Waals surface area (Å²) in [5, 5.41) is 0. The molecular formula is C5H7Zr. The summed E-state index contributed by atoms with van der Waals surface area (Å²) in [7, 11) is 0. The second kappa shape index (κ2) is 5.36. The molecule has 0 saturated heterocycles. The van der Waals surface area contributed by atoms with E-state index in [1.165, 1.54) is 24.7 Å². The Labute approximate surface area is 53.8 Å². The molecule has 0 heterocycles. The van der Waals surface area contributed by atoms with Gasteiger partial charge in [-0.2, -0.15) is 0 Å². The summed E-state index contributed by atoms with van der Waals surface area (Å²) in [5.74, 6) is 0. The van der Waals surface area contributed by atoms with Crippen molar-refractivity contribution in [3.8, 4) is 0 Å². The van der Waals surface area contributed by atoms with Gasteiger partial charge in [0.25, 0.3) is 0 Å². The topological polar surface area (TPSA) is 0 Å². The zero-order valence-corrected chi connectivity index (χ0v) is 6.27. The maximum atomic E-state index is 2.09. The molecule has 31 valence electrons. The van der Waals surface area contributed by atoms with E-state index in [0.29, 0.717) is 0 Å². The van der Waals surface area contributed by atoms with Gasteiger partial charge in [0.15, 0.2) is 0 Å². The molecule has 0 aliphatic heterocycles. The SMILES string of the molecule is CC=CC=[CH][Zr]. The zero-order valence-electron chi connectivity index (χ0n) is 3.81. The predicted octanol–water partition coefficient (Wildman–Crippen LogP) is 1.62. The van der Waals surface area contributed by atoms with Crippen molar-refractivity contribution < 1.29 is 24.7 Å². The van der Waals surface area contributed by atoms with E-state index >= 15 is 0 Å². The number of hydrogen-bond acceptors (Lipinski definition) is 0. The first-order valence-corrected chi connectivity index (χ1v) is 3.29. The molecule has 0 aliphatic carbocycles. The van der Waals surface area contributed by atoms with Gasteiger partial charge in [-0.05, 0) is 0 Å². The van der Waals surface area contributed by atoms with Crippen LogP contribution in [0.5, 0.6) is 0 Å². The summed E-state index contributed by atoms with van der Waals surface area (Å²) in [6.07, 6.45) is 6.08. The Kier molecular flexibility index (Phi) is 5.69. The molecule has 0 radical (unpaired) electrons. The van der Waals surface area contributed by atoms with E-state index in [9.17, 15) is 0 Å². The molecule has 0 nitrogen and oxygen atoms in total. The van der Waals surface area contributed by atoms with Crippen LogP contribution in [0.1, 0.15) is 6.92 Å². The summed E-state index contributed by atoms with van der Waals surface area (Å²) in [6, 6.07) is 0. The van der Waals surface area contributed by atoms with Gasteiger partial charge >= 0.3 is 53.7 Å². The molecule has 0 saturated carbocycles. The van der Waals surface area contributed by atoms with Crippen LogP contribution in [0.25, 0.3) is 0 Å². The van der Waals surface area contributed by atoms with Gasteiger partial charge in [0, 0.05) is 0 Å². The molecule has 0 unspecified atom stereocenters. The first-order chi connectivity index (χ1) is 2.91. The van der Waals surface area contributed by atoms with Gasteiger partial charge in [-0.15, -0.1) is 0 Å². The number of allylic oxidation sites excluding steroid dienone is 3. The quantitative estimate of drug-likeness (QED) is 0.509. The Morgan fingerprint density at radius 2 is 2.00 bits per heavy atom. The van der Waals surface area contributed by atoms with E-state index in [1.54, 1.807) is 0 Å². The van der Waals surface area contributed by atoms with Crippen molar-refractivity contribution in [1.82, 2.24) is 0 Å². The van der Waals surface area contributed by atoms with Crippen LogP contribution in [0.2, 0.25) is 0 Å². The fourth-order valence-electron chi connectivity index (χ4n) is 0.167. The third-order valence-corrected chi connectivity index (χ3v) is 0.873. The number of rotatable bonds is 1. The molecule has 0 rings (SSSR count). The van der Waals surface area contributed by atoms with E-state index < -0.39 is 0 Å². The van der Waals surface area contributed by atoms with E-state index in [4.69, 9.17) is 0 Å². The van der Waals surface area contributed by atoms with Crippen molar-refractivity contribution in [3.63, 3.8) is 0 Å². The second-order valence-electron chi connectivity index (χ2n) is 0.885. The van der Waals surface area contributed by atoms with Gasteiger partial charge in [-0.3, -0.25) is 0 Å². The molecule has 0 aromatic rings. The van der Waals surface area contributed by atoms with Crippen LogP contribution in [-0.2, 0) is 24.7 Å². The Bertz CT molecular complexity index is 52.3. The number of hydrogen-bond donors (Lipinski definition) is 0. The van der Waals surface area contributed by atoms with Crippen molar-refractivity contribution in [2.75, 3.05) is 0 Å². The van der Waals surface area contributed by atoms with Crippen molar-refractivity contribution >= 4 is 0 Å². The third-order valence-electron chi connectivity index (χ3n) is 0.400. The van der Waals surface area contributed by atoms with E-state index in [1.807, 2.05) is 25.2 Å². The molecule has 0 aliphatic rings. The van der Waals surface area contributed by atoms with Crippen LogP contribution >= 0.6 is 0 Å². The van der Waals surface area contributed by atoms with Crippen LogP contribution in [0.4, 0.5) is 0 Å². The first kappa shape index (κ1) is 6.36. The van der Waals surface area contributed by atoms with Gasteiger partial charge < -0.3 is 0 Å². The Morgan fingerprint density at radius 1 is 1.33 bits per heavy atom. The minimum absolute atomic E-state index is 1.46. The van der Waals surface area contributed by atoms with Gasteiger partial charge in [0.2, 0.25) is 0 Å². The molecular weight excluding hydrogens is 151 g/mol. The maximum absolute atomic E-state index is 2.09. The molecule has 0 spiro atoms. The minimum atomic E-state index is 1.46. The summed E-state index contributed by atoms with van der Waals surface area (Å²) in [6.45, 7) is 2.01. The summed E-state index contributed by atoms with van der Waals surface area (Å²) in [5.41, 5.74) is 0. The molecule has 0 atom stereocenters. The Hall–Kier alpha value is 0.363. The molecule has 0 fully saturated rings. The van der Waals surface area contributed by atoms with Crippen LogP contribution in [0.15, 0.2) is 22.0 Å². The summed E-state index contributed by atoms with van der Waals surface area (Å²) in [4.78, 5) is 0. The van der Waals surface area contributed by atoms with Crippen molar-refractivity contribution in [1.29, 1.82) is 0 Å². The Morgan fingerprint density at radius 3 is 2.17 bits per heavy atom. The van der Waals surface area contributed by atoms with E-state index in [-0.39, 0.29) is 0 Å². The van der Waals surface area contributed by atoms with Crippen molar-refractivity contribution in [2.24, 2.45) is 0 Å². The molecule has 1 heteroatoms. The van der Waals surface area contributed by atoms with Crippen LogP contribution in [-0.4, -0.2) is 0 Å². The van der Waals surface area contributed by atoms with Gasteiger partial charge in [0.1, 0.15) is 0 Å². The monoisotopic (exact) mass is 157 g/mol. The van der Waals surface area contributed by atoms with Crippen LogP contribution in [0.3, 0.4) is 0 Å². The average molecular weight is 158 g/mol. The summed E-state index contributed by atoms with van der Waals surface area (Å²) < 4.78 is 2.09. The van der Waals surface area contributed by atoms with Gasteiger partial charge in [0.05, 0.1) is 0 Å². The third kappa shape index (κ3) is 4.36. The van der Waals surface area contributed by atoms with Gasteiger partial charge in [-0.1, -0.05) is 0 Å². The van der Waals surface area contributed by atoms with Crippen LogP contribution in [0, 0.1) is 0 Å². The molecule has 0 bridgehead atoms. The van der Waals surface area contributed by atoms with E-state index in [2.05, 4.69) is 3.78 Å². The van der Waals surface area contributed by atoms with Crippen molar-refractivity contribution in [2.45, 2.75) is 6.92 Å².